The van der Waals surface area contributed by atoms with Gasteiger partial charge in [-0.3, -0.25) is 9.69 Å². The predicted octanol–water partition coefficient (Wildman–Crippen LogP) is 1.61. The predicted molar refractivity (Wildman–Crippen MR) is 84.9 cm³/mol. The Balaban J connectivity index is 1.90. The molecule has 1 fully saturated rings. The van der Waals surface area contributed by atoms with E-state index in [4.69, 9.17) is 18.0 Å². The maximum Gasteiger partial charge on any atom is 0.254 e. The van der Waals surface area contributed by atoms with E-state index in [1.165, 1.54) is 6.07 Å². The third kappa shape index (κ3) is 4.47. The summed E-state index contributed by atoms with van der Waals surface area (Å²) in [5.74, 6) is -0.826. The van der Waals surface area contributed by atoms with Gasteiger partial charge in [-0.1, -0.05) is 23.8 Å². The van der Waals surface area contributed by atoms with Crippen molar-refractivity contribution in [3.05, 3.63) is 35.1 Å². The van der Waals surface area contributed by atoms with Crippen molar-refractivity contribution in [2.45, 2.75) is 25.8 Å². The zero-order valence-corrected chi connectivity index (χ0v) is 12.9. The number of piperidine rings is 1. The molecule has 0 aromatic heterocycles. The molecular weight excluding hydrogens is 289 g/mol. The van der Waals surface area contributed by atoms with E-state index < -0.39 is 5.82 Å². The summed E-state index contributed by atoms with van der Waals surface area (Å²) in [5, 5.41) is 2.91. The SMILES string of the molecule is Cc1ccc(F)c(C(=O)NC2CCN(CC(N)=S)CC2)c1. The lowest BCUT2D eigenvalue weighted by Crippen LogP contribution is -2.46. The first kappa shape index (κ1) is 15.9. The summed E-state index contributed by atoms with van der Waals surface area (Å²) in [4.78, 5) is 14.8. The minimum absolute atomic E-state index is 0.0695. The molecule has 1 aliphatic rings. The van der Waals surface area contributed by atoms with Crippen molar-refractivity contribution < 1.29 is 9.18 Å². The van der Waals surface area contributed by atoms with E-state index in [2.05, 4.69) is 10.2 Å². The van der Waals surface area contributed by atoms with E-state index in [0.29, 0.717) is 11.5 Å². The summed E-state index contributed by atoms with van der Waals surface area (Å²) < 4.78 is 13.7. The van der Waals surface area contributed by atoms with E-state index in [9.17, 15) is 9.18 Å². The molecule has 0 aliphatic carbocycles. The highest BCUT2D eigenvalue weighted by Gasteiger charge is 2.22. The first-order valence-corrected chi connectivity index (χ1v) is 7.44. The van der Waals surface area contributed by atoms with Gasteiger partial charge in [0, 0.05) is 25.7 Å². The standard InChI is InChI=1S/C15H20FN3OS/c1-10-2-3-13(16)12(8-10)15(20)18-11-4-6-19(7-5-11)9-14(17)21/h2-3,8,11H,4-7,9H2,1H3,(H2,17,21)(H,18,20). The van der Waals surface area contributed by atoms with Gasteiger partial charge in [-0.15, -0.1) is 0 Å². The van der Waals surface area contributed by atoms with Gasteiger partial charge in [0.25, 0.3) is 5.91 Å². The number of amides is 1. The van der Waals surface area contributed by atoms with Gasteiger partial charge < -0.3 is 11.1 Å². The zero-order valence-electron chi connectivity index (χ0n) is 12.1. The molecule has 3 N–H and O–H groups in total. The van der Waals surface area contributed by atoms with Crippen LogP contribution in [0.2, 0.25) is 0 Å². The van der Waals surface area contributed by atoms with Crippen LogP contribution in [-0.4, -0.2) is 41.5 Å². The Kier molecular flexibility index (Phi) is 5.25. The molecule has 4 nitrogen and oxygen atoms in total. The number of nitrogens with two attached hydrogens (primary N) is 1. The van der Waals surface area contributed by atoms with E-state index in [1.54, 1.807) is 12.1 Å². The van der Waals surface area contributed by atoms with E-state index >= 15 is 0 Å². The second-order valence-corrected chi connectivity index (χ2v) is 6.00. The fourth-order valence-electron chi connectivity index (χ4n) is 2.53. The normalized spacial score (nSPS) is 16.7. The van der Waals surface area contributed by atoms with Crippen molar-refractivity contribution in [1.29, 1.82) is 0 Å². The van der Waals surface area contributed by atoms with Crippen molar-refractivity contribution in [2.75, 3.05) is 19.6 Å². The van der Waals surface area contributed by atoms with Gasteiger partial charge in [0.05, 0.1) is 10.6 Å². The van der Waals surface area contributed by atoms with Crippen molar-refractivity contribution >= 4 is 23.1 Å². The number of aryl methyl sites for hydroxylation is 1. The topological polar surface area (TPSA) is 58.4 Å². The molecule has 0 atom stereocenters. The molecule has 1 saturated heterocycles. The number of thiocarbonyl (C=S) groups is 1. The third-order valence-corrected chi connectivity index (χ3v) is 3.80. The lowest BCUT2D eigenvalue weighted by molar-refractivity contribution is 0.0910. The number of carbonyl (C=O) groups is 1. The van der Waals surface area contributed by atoms with Gasteiger partial charge in [-0.2, -0.15) is 0 Å². The molecule has 6 heteroatoms. The minimum atomic E-state index is -0.482. The molecule has 1 aromatic rings. The fraction of sp³-hybridized carbons (Fsp3) is 0.467. The molecule has 114 valence electrons. The fourth-order valence-corrected chi connectivity index (χ4v) is 2.71. The Morgan fingerprint density at radius 1 is 1.48 bits per heavy atom. The first-order chi connectivity index (χ1) is 9.95. The Labute approximate surface area is 129 Å². The molecule has 0 radical (unpaired) electrons. The molecule has 0 unspecified atom stereocenters. The number of rotatable bonds is 4. The smallest absolute Gasteiger partial charge is 0.254 e. The van der Waals surface area contributed by atoms with Crippen LogP contribution in [0.15, 0.2) is 18.2 Å². The van der Waals surface area contributed by atoms with Gasteiger partial charge in [0.1, 0.15) is 5.82 Å². The molecule has 1 amide bonds. The Morgan fingerprint density at radius 3 is 2.76 bits per heavy atom. The maximum atomic E-state index is 13.7. The number of nitrogens with zero attached hydrogens (tertiary/aromatic N) is 1. The van der Waals surface area contributed by atoms with Gasteiger partial charge in [0.2, 0.25) is 0 Å². The number of nitrogens with one attached hydrogen (secondary N) is 1. The number of benzene rings is 1. The molecule has 1 aromatic carbocycles. The van der Waals surface area contributed by atoms with Gasteiger partial charge in [-0.25, -0.2) is 4.39 Å². The zero-order chi connectivity index (χ0) is 15.4. The van der Waals surface area contributed by atoms with Crippen LogP contribution in [0, 0.1) is 12.7 Å². The minimum Gasteiger partial charge on any atom is -0.392 e. The van der Waals surface area contributed by atoms with Crippen LogP contribution in [0.4, 0.5) is 4.39 Å². The van der Waals surface area contributed by atoms with Crippen LogP contribution < -0.4 is 11.1 Å². The van der Waals surface area contributed by atoms with Crippen LogP contribution in [0.3, 0.4) is 0 Å². The third-order valence-electron chi connectivity index (χ3n) is 3.67. The summed E-state index contributed by atoms with van der Waals surface area (Å²) in [6.07, 6.45) is 1.64. The summed E-state index contributed by atoms with van der Waals surface area (Å²) >= 11 is 4.89. The monoisotopic (exact) mass is 309 g/mol. The Morgan fingerprint density at radius 2 is 2.14 bits per heavy atom. The molecule has 0 spiro atoms. The van der Waals surface area contributed by atoms with Crippen molar-refractivity contribution in [3.63, 3.8) is 0 Å². The molecular formula is C15H20FN3OS. The number of hydrogen-bond acceptors (Lipinski definition) is 3. The number of halogens is 1. The molecule has 0 bridgehead atoms. The quantitative estimate of drug-likeness (QED) is 0.830. The van der Waals surface area contributed by atoms with Crippen LogP contribution in [0.5, 0.6) is 0 Å². The van der Waals surface area contributed by atoms with E-state index in [0.717, 1.165) is 31.5 Å². The Hall–Kier alpha value is -1.53. The molecule has 1 heterocycles. The average molecular weight is 309 g/mol. The van der Waals surface area contributed by atoms with E-state index in [1.807, 2.05) is 6.92 Å². The number of carbonyl (C=O) groups excluding carboxylic acids is 1. The van der Waals surface area contributed by atoms with Crippen LogP contribution in [0.1, 0.15) is 28.8 Å². The number of hydrogen-bond donors (Lipinski definition) is 2. The molecule has 2 rings (SSSR count). The molecule has 21 heavy (non-hydrogen) atoms. The maximum absolute atomic E-state index is 13.7. The summed E-state index contributed by atoms with van der Waals surface area (Å²) in [6.45, 7) is 4.12. The van der Waals surface area contributed by atoms with Crippen molar-refractivity contribution in [2.24, 2.45) is 5.73 Å². The Bertz CT molecular complexity index is 542. The van der Waals surface area contributed by atoms with Crippen molar-refractivity contribution in [3.8, 4) is 0 Å². The largest absolute Gasteiger partial charge is 0.392 e. The van der Waals surface area contributed by atoms with Gasteiger partial charge in [0.15, 0.2) is 0 Å². The van der Waals surface area contributed by atoms with Gasteiger partial charge in [-0.05, 0) is 31.9 Å². The summed E-state index contributed by atoms with van der Waals surface area (Å²) in [5.41, 5.74) is 6.50. The van der Waals surface area contributed by atoms with E-state index in [-0.39, 0.29) is 17.5 Å². The summed E-state index contributed by atoms with van der Waals surface area (Å²) in [6, 6.07) is 4.63. The molecule has 1 aliphatic heterocycles. The average Bonchev–Trinajstić information content (AvgIpc) is 2.43. The highest BCUT2D eigenvalue weighted by molar-refractivity contribution is 7.80. The highest BCUT2D eigenvalue weighted by atomic mass is 32.1. The van der Waals surface area contributed by atoms with Crippen molar-refractivity contribution in [1.82, 2.24) is 10.2 Å². The van der Waals surface area contributed by atoms with Crippen LogP contribution in [-0.2, 0) is 0 Å². The second-order valence-electron chi connectivity index (χ2n) is 5.47. The summed E-state index contributed by atoms with van der Waals surface area (Å²) in [7, 11) is 0. The van der Waals surface area contributed by atoms with Crippen LogP contribution in [0.25, 0.3) is 0 Å². The lowest BCUT2D eigenvalue weighted by Gasteiger charge is -2.32. The first-order valence-electron chi connectivity index (χ1n) is 7.03. The van der Waals surface area contributed by atoms with Gasteiger partial charge >= 0.3 is 0 Å². The number of likely N-dealkylation sites (tertiary alicyclic amines) is 1. The van der Waals surface area contributed by atoms with Crippen LogP contribution >= 0.6 is 12.2 Å². The lowest BCUT2D eigenvalue weighted by atomic mass is 10.0. The molecule has 0 saturated carbocycles. The second kappa shape index (κ2) is 6.95. The highest BCUT2D eigenvalue weighted by Crippen LogP contribution is 2.13.